The van der Waals surface area contributed by atoms with Gasteiger partial charge in [-0.15, -0.1) is 0 Å². The lowest BCUT2D eigenvalue weighted by Crippen LogP contribution is -2.06. The minimum Gasteiger partial charge on any atom is -0.497 e. The van der Waals surface area contributed by atoms with Crippen molar-refractivity contribution in [2.45, 2.75) is 38.9 Å². The lowest BCUT2D eigenvalue weighted by Gasteiger charge is -2.08. The van der Waals surface area contributed by atoms with Gasteiger partial charge in [-0.2, -0.15) is 0 Å². The van der Waals surface area contributed by atoms with Crippen molar-refractivity contribution in [3.63, 3.8) is 0 Å². The third-order valence-electron chi connectivity index (χ3n) is 4.22. The summed E-state index contributed by atoms with van der Waals surface area (Å²) < 4.78 is 21.5. The summed E-state index contributed by atoms with van der Waals surface area (Å²) in [5.74, 6) is 1.63. The molecule has 0 aliphatic carbocycles. The third-order valence-corrected chi connectivity index (χ3v) is 4.22. The Hall–Kier alpha value is -2.04. The molecular formula is C22H30O4. The minimum absolute atomic E-state index is 0.0117. The first-order valence-electron chi connectivity index (χ1n) is 9.17. The fourth-order valence-corrected chi connectivity index (χ4v) is 2.69. The van der Waals surface area contributed by atoms with Gasteiger partial charge in [0.1, 0.15) is 11.5 Å². The summed E-state index contributed by atoms with van der Waals surface area (Å²) in [5, 5.41) is 0. The lowest BCUT2D eigenvalue weighted by atomic mass is 10.1. The molecule has 0 spiro atoms. The van der Waals surface area contributed by atoms with E-state index in [-0.39, 0.29) is 6.29 Å². The quantitative estimate of drug-likeness (QED) is 0.428. The summed E-state index contributed by atoms with van der Waals surface area (Å²) in [7, 11) is 3.33. The van der Waals surface area contributed by atoms with E-state index in [1.165, 1.54) is 5.57 Å². The molecule has 4 heteroatoms. The number of hydrogen-bond donors (Lipinski definition) is 0. The van der Waals surface area contributed by atoms with E-state index in [9.17, 15) is 0 Å². The lowest BCUT2D eigenvalue weighted by molar-refractivity contribution is -0.0461. The largest absolute Gasteiger partial charge is 0.497 e. The normalized spacial score (nSPS) is 16.0. The Morgan fingerprint density at radius 2 is 1.88 bits per heavy atom. The van der Waals surface area contributed by atoms with E-state index in [1.807, 2.05) is 18.2 Å². The first-order valence-corrected chi connectivity index (χ1v) is 9.17. The van der Waals surface area contributed by atoms with Crippen LogP contribution < -0.4 is 9.47 Å². The molecule has 0 aromatic heterocycles. The number of benzene rings is 1. The van der Waals surface area contributed by atoms with Gasteiger partial charge in [-0.1, -0.05) is 36.0 Å². The number of allylic oxidation sites excluding steroid dienone is 5. The van der Waals surface area contributed by atoms with E-state index in [0.29, 0.717) is 0 Å². The molecule has 0 unspecified atom stereocenters. The summed E-state index contributed by atoms with van der Waals surface area (Å²) in [6, 6.07) is 5.85. The van der Waals surface area contributed by atoms with Crippen LogP contribution in [0, 0.1) is 0 Å². The summed E-state index contributed by atoms with van der Waals surface area (Å²) in [5.41, 5.74) is 2.41. The molecule has 0 saturated carbocycles. The highest BCUT2D eigenvalue weighted by Gasteiger charge is 2.14. The van der Waals surface area contributed by atoms with Gasteiger partial charge in [0.05, 0.1) is 27.4 Å². The number of methoxy groups -OCH3 is 2. The van der Waals surface area contributed by atoms with Crippen LogP contribution in [-0.2, 0) is 9.47 Å². The van der Waals surface area contributed by atoms with Crippen molar-refractivity contribution in [3.8, 4) is 11.5 Å². The van der Waals surface area contributed by atoms with Gasteiger partial charge in [-0.25, -0.2) is 0 Å². The Labute approximate surface area is 157 Å². The molecule has 0 atom stereocenters. The number of unbranched alkanes of at least 4 members (excludes halogenated alkanes) is 1. The Bertz CT molecular complexity index is 625. The molecule has 1 aliphatic heterocycles. The van der Waals surface area contributed by atoms with Crippen LogP contribution in [0.25, 0.3) is 6.08 Å². The molecule has 2 rings (SSSR count). The molecule has 142 valence electrons. The summed E-state index contributed by atoms with van der Waals surface area (Å²) in [4.78, 5) is 0. The first kappa shape index (κ1) is 20.3. The van der Waals surface area contributed by atoms with Crippen molar-refractivity contribution in [1.29, 1.82) is 0 Å². The summed E-state index contributed by atoms with van der Waals surface area (Å²) >= 11 is 0. The monoisotopic (exact) mass is 358 g/mol. The van der Waals surface area contributed by atoms with E-state index in [4.69, 9.17) is 18.9 Å². The van der Waals surface area contributed by atoms with Gasteiger partial charge < -0.3 is 18.9 Å². The van der Waals surface area contributed by atoms with E-state index in [2.05, 4.69) is 37.3 Å². The second-order valence-electron chi connectivity index (χ2n) is 6.24. The zero-order valence-corrected chi connectivity index (χ0v) is 16.1. The van der Waals surface area contributed by atoms with Crippen molar-refractivity contribution in [1.82, 2.24) is 0 Å². The van der Waals surface area contributed by atoms with Crippen LogP contribution in [-0.4, -0.2) is 33.7 Å². The number of rotatable bonds is 10. The molecule has 4 nitrogen and oxygen atoms in total. The molecule has 0 amide bonds. The van der Waals surface area contributed by atoms with Crippen LogP contribution in [0.4, 0.5) is 0 Å². The van der Waals surface area contributed by atoms with Crippen molar-refractivity contribution >= 4 is 6.08 Å². The molecule has 1 fully saturated rings. The molecular weight excluding hydrogens is 328 g/mol. The van der Waals surface area contributed by atoms with Crippen molar-refractivity contribution in [2.24, 2.45) is 0 Å². The van der Waals surface area contributed by atoms with Gasteiger partial charge >= 0.3 is 0 Å². The van der Waals surface area contributed by atoms with Crippen LogP contribution in [0.5, 0.6) is 11.5 Å². The maximum absolute atomic E-state index is 5.45. The van der Waals surface area contributed by atoms with Crippen LogP contribution in [0.3, 0.4) is 0 Å². The second kappa shape index (κ2) is 11.6. The molecule has 1 aliphatic rings. The second-order valence-corrected chi connectivity index (χ2v) is 6.24. The van der Waals surface area contributed by atoms with Crippen molar-refractivity contribution in [2.75, 3.05) is 27.4 Å². The molecule has 0 bridgehead atoms. The smallest absolute Gasteiger partial charge is 0.158 e. The first-order chi connectivity index (χ1) is 12.7. The third kappa shape index (κ3) is 7.06. The standard InChI is InChI=1S/C22H30O4/c1-18(11-14-22-25-15-16-26-22)9-7-5-4-6-8-10-19-12-13-20(23-2)17-21(19)24-3/h5,7-10,12-13,17,22H,4,6,11,14-16H2,1-3H3/b7-5+,10-8-,18-9+. The predicted molar refractivity (Wildman–Crippen MR) is 106 cm³/mol. The minimum atomic E-state index is -0.0117. The highest BCUT2D eigenvalue weighted by Crippen LogP contribution is 2.25. The highest BCUT2D eigenvalue weighted by atomic mass is 16.7. The topological polar surface area (TPSA) is 36.9 Å². The van der Waals surface area contributed by atoms with E-state index >= 15 is 0 Å². The molecule has 1 aromatic carbocycles. The average molecular weight is 358 g/mol. The average Bonchev–Trinajstić information content (AvgIpc) is 3.19. The van der Waals surface area contributed by atoms with Crippen molar-refractivity contribution in [3.05, 3.63) is 53.6 Å². The van der Waals surface area contributed by atoms with Gasteiger partial charge in [0.25, 0.3) is 0 Å². The molecule has 1 heterocycles. The molecule has 0 N–H and O–H groups in total. The zero-order valence-electron chi connectivity index (χ0n) is 16.1. The highest BCUT2D eigenvalue weighted by molar-refractivity contribution is 5.59. The molecule has 26 heavy (non-hydrogen) atoms. The van der Waals surface area contributed by atoms with Gasteiger partial charge in [0.2, 0.25) is 0 Å². The maximum Gasteiger partial charge on any atom is 0.158 e. The molecule has 0 radical (unpaired) electrons. The van der Waals surface area contributed by atoms with Gasteiger partial charge in [-0.3, -0.25) is 0 Å². The van der Waals surface area contributed by atoms with Crippen molar-refractivity contribution < 1.29 is 18.9 Å². The Balaban J connectivity index is 1.69. The van der Waals surface area contributed by atoms with Crippen LogP contribution in [0.1, 0.15) is 38.2 Å². The zero-order chi connectivity index (χ0) is 18.6. The summed E-state index contributed by atoms with van der Waals surface area (Å²) in [6.07, 6.45) is 14.7. The van der Waals surface area contributed by atoms with Gasteiger partial charge in [0, 0.05) is 18.1 Å². The summed E-state index contributed by atoms with van der Waals surface area (Å²) in [6.45, 7) is 3.60. The van der Waals surface area contributed by atoms with Gasteiger partial charge in [0.15, 0.2) is 6.29 Å². The molecule has 1 aromatic rings. The maximum atomic E-state index is 5.45. The van der Waals surface area contributed by atoms with Crippen LogP contribution in [0.15, 0.2) is 48.1 Å². The number of ether oxygens (including phenoxy) is 4. The van der Waals surface area contributed by atoms with E-state index < -0.39 is 0 Å². The Morgan fingerprint density at radius 3 is 2.62 bits per heavy atom. The Morgan fingerprint density at radius 1 is 1.12 bits per heavy atom. The van der Waals surface area contributed by atoms with Crippen LogP contribution >= 0.6 is 0 Å². The van der Waals surface area contributed by atoms with Gasteiger partial charge in [-0.05, 0) is 38.3 Å². The van der Waals surface area contributed by atoms with E-state index in [0.717, 1.165) is 56.0 Å². The van der Waals surface area contributed by atoms with Crippen LogP contribution in [0.2, 0.25) is 0 Å². The SMILES string of the molecule is COc1ccc(/C=C\CC/C=C/C=C(\C)CCC2OCCO2)c(OC)c1. The fourth-order valence-electron chi connectivity index (χ4n) is 2.69. The molecule has 1 saturated heterocycles. The van der Waals surface area contributed by atoms with E-state index in [1.54, 1.807) is 14.2 Å². The number of hydrogen-bond acceptors (Lipinski definition) is 4. The predicted octanol–water partition coefficient (Wildman–Crippen LogP) is 5.15. The fraction of sp³-hybridized carbons (Fsp3) is 0.455. The Kier molecular flexibility index (Phi) is 9.01.